The summed E-state index contributed by atoms with van der Waals surface area (Å²) in [6.07, 6.45) is 2.68. The van der Waals surface area contributed by atoms with Gasteiger partial charge in [-0.25, -0.2) is 0 Å². The van der Waals surface area contributed by atoms with E-state index in [0.29, 0.717) is 18.9 Å². The smallest absolute Gasteiger partial charge is 0.225 e. The van der Waals surface area contributed by atoms with Crippen molar-refractivity contribution in [3.63, 3.8) is 0 Å². The Labute approximate surface area is 121 Å². The number of anilines is 1. The van der Waals surface area contributed by atoms with E-state index in [9.17, 15) is 4.79 Å². The second-order valence-electron chi connectivity index (χ2n) is 4.95. The Kier molecular flexibility index (Phi) is 4.96. The fraction of sp³-hybridized carbons (Fsp3) is 0.500. The predicted octanol–water partition coefficient (Wildman–Crippen LogP) is 2.66. The summed E-state index contributed by atoms with van der Waals surface area (Å²) in [7, 11) is 1.63. The summed E-state index contributed by atoms with van der Waals surface area (Å²) in [6.45, 7) is 0.450. The molecule has 3 N–H and O–H groups in total. The molecular formula is C14H19BrN2O2. The van der Waals surface area contributed by atoms with E-state index in [1.807, 2.05) is 18.2 Å². The molecule has 0 spiro atoms. The van der Waals surface area contributed by atoms with E-state index in [0.717, 1.165) is 28.6 Å². The van der Waals surface area contributed by atoms with Crippen LogP contribution in [0.5, 0.6) is 0 Å². The van der Waals surface area contributed by atoms with Crippen LogP contribution in [0.2, 0.25) is 0 Å². The zero-order valence-corrected chi connectivity index (χ0v) is 12.6. The highest BCUT2D eigenvalue weighted by molar-refractivity contribution is 9.10. The zero-order chi connectivity index (χ0) is 13.8. The Balaban J connectivity index is 2.01. The second kappa shape index (κ2) is 6.50. The molecule has 104 valence electrons. The number of hydrogen-bond acceptors (Lipinski definition) is 3. The first-order valence-electron chi connectivity index (χ1n) is 6.43. The van der Waals surface area contributed by atoms with Crippen molar-refractivity contribution in [2.75, 3.05) is 12.4 Å². The van der Waals surface area contributed by atoms with E-state index in [1.165, 1.54) is 0 Å². The minimum Gasteiger partial charge on any atom is -0.380 e. The highest BCUT2D eigenvalue weighted by Gasteiger charge is 2.29. The van der Waals surface area contributed by atoms with Crippen LogP contribution < -0.4 is 11.1 Å². The summed E-state index contributed by atoms with van der Waals surface area (Å²) in [5.74, 6) is 0.501. The van der Waals surface area contributed by atoms with Crippen LogP contribution in [0.3, 0.4) is 0 Å². The Hall–Kier alpha value is -0.910. The fourth-order valence-corrected chi connectivity index (χ4v) is 2.55. The summed E-state index contributed by atoms with van der Waals surface area (Å²) in [5, 5.41) is 2.92. The number of rotatable bonds is 6. The molecule has 2 rings (SSSR count). The molecule has 1 aromatic carbocycles. The normalized spacial score (nSPS) is 16.2. The molecule has 1 aromatic rings. The van der Waals surface area contributed by atoms with Crippen LogP contribution >= 0.6 is 15.9 Å². The summed E-state index contributed by atoms with van der Waals surface area (Å²) >= 11 is 3.47. The Morgan fingerprint density at radius 3 is 2.95 bits per heavy atom. The number of carbonyl (C=O) groups is 1. The molecule has 0 saturated heterocycles. The van der Waals surface area contributed by atoms with Crippen LogP contribution in [0.1, 0.15) is 24.8 Å². The molecule has 1 aliphatic carbocycles. The third-order valence-corrected chi connectivity index (χ3v) is 4.07. The van der Waals surface area contributed by atoms with Gasteiger partial charge in [0.15, 0.2) is 0 Å². The van der Waals surface area contributed by atoms with Crippen LogP contribution in [0.25, 0.3) is 0 Å². The average Bonchev–Trinajstić information content (AvgIpc) is 3.17. The fourth-order valence-electron chi connectivity index (χ4n) is 2.07. The van der Waals surface area contributed by atoms with Crippen molar-refractivity contribution in [1.29, 1.82) is 0 Å². The van der Waals surface area contributed by atoms with Gasteiger partial charge < -0.3 is 15.8 Å². The van der Waals surface area contributed by atoms with E-state index in [4.69, 9.17) is 10.5 Å². The zero-order valence-electron chi connectivity index (χ0n) is 11.0. The van der Waals surface area contributed by atoms with Crippen molar-refractivity contribution in [1.82, 2.24) is 0 Å². The molecular weight excluding hydrogens is 308 g/mol. The van der Waals surface area contributed by atoms with Crippen molar-refractivity contribution in [2.45, 2.75) is 31.9 Å². The third-order valence-electron chi connectivity index (χ3n) is 3.33. The van der Waals surface area contributed by atoms with Gasteiger partial charge in [-0.15, -0.1) is 0 Å². The Bertz CT molecular complexity index is 461. The van der Waals surface area contributed by atoms with Gasteiger partial charge in [-0.2, -0.15) is 0 Å². The van der Waals surface area contributed by atoms with Gasteiger partial charge in [-0.3, -0.25) is 4.79 Å². The number of halogens is 1. The lowest BCUT2D eigenvalue weighted by atomic mass is 10.1. The molecule has 0 aromatic heterocycles. The molecule has 4 nitrogen and oxygen atoms in total. The SMILES string of the molecule is COCc1c(Br)cccc1NC(=O)CC(N)C1CC1. The molecule has 5 heteroatoms. The number of nitrogens with two attached hydrogens (primary N) is 1. The first-order chi connectivity index (χ1) is 9.11. The highest BCUT2D eigenvalue weighted by atomic mass is 79.9. The lowest BCUT2D eigenvalue weighted by Crippen LogP contribution is -2.29. The number of benzene rings is 1. The van der Waals surface area contributed by atoms with Crippen molar-refractivity contribution in [2.24, 2.45) is 11.7 Å². The van der Waals surface area contributed by atoms with Crippen molar-refractivity contribution >= 4 is 27.5 Å². The van der Waals surface area contributed by atoms with E-state index in [-0.39, 0.29) is 11.9 Å². The van der Waals surface area contributed by atoms with Gasteiger partial charge in [0.05, 0.1) is 6.61 Å². The summed E-state index contributed by atoms with van der Waals surface area (Å²) in [6, 6.07) is 5.68. The van der Waals surface area contributed by atoms with E-state index >= 15 is 0 Å². The maximum absolute atomic E-state index is 12.0. The summed E-state index contributed by atoms with van der Waals surface area (Å²) < 4.78 is 6.08. The van der Waals surface area contributed by atoms with Gasteiger partial charge in [0.1, 0.15) is 0 Å². The monoisotopic (exact) mass is 326 g/mol. The predicted molar refractivity (Wildman–Crippen MR) is 78.8 cm³/mol. The van der Waals surface area contributed by atoms with Gasteiger partial charge in [0.25, 0.3) is 0 Å². The molecule has 1 aliphatic rings. The number of nitrogens with one attached hydrogen (secondary N) is 1. The van der Waals surface area contributed by atoms with E-state index in [1.54, 1.807) is 7.11 Å². The number of hydrogen-bond donors (Lipinski definition) is 2. The van der Waals surface area contributed by atoms with E-state index in [2.05, 4.69) is 21.2 Å². The summed E-state index contributed by atoms with van der Waals surface area (Å²) in [4.78, 5) is 12.0. The third kappa shape index (κ3) is 4.03. The maximum Gasteiger partial charge on any atom is 0.225 e. The lowest BCUT2D eigenvalue weighted by molar-refractivity contribution is -0.116. The van der Waals surface area contributed by atoms with Gasteiger partial charge >= 0.3 is 0 Å². The van der Waals surface area contributed by atoms with Crippen LogP contribution in [-0.2, 0) is 16.1 Å². The van der Waals surface area contributed by atoms with Gasteiger partial charge in [-0.05, 0) is 30.9 Å². The standard InChI is InChI=1S/C14H19BrN2O2/c1-19-8-10-11(15)3-2-4-13(10)17-14(18)7-12(16)9-5-6-9/h2-4,9,12H,5-8,16H2,1H3,(H,17,18). The molecule has 19 heavy (non-hydrogen) atoms. The number of amides is 1. The topological polar surface area (TPSA) is 64.3 Å². The molecule has 0 aliphatic heterocycles. The molecule has 0 bridgehead atoms. The minimum absolute atomic E-state index is 0.0157. The summed E-state index contributed by atoms with van der Waals surface area (Å²) in [5.41, 5.74) is 7.69. The van der Waals surface area contributed by atoms with Crippen LogP contribution in [0, 0.1) is 5.92 Å². The van der Waals surface area contributed by atoms with Gasteiger partial charge in [0, 0.05) is 35.3 Å². The van der Waals surface area contributed by atoms with Gasteiger partial charge in [0.2, 0.25) is 5.91 Å². The quantitative estimate of drug-likeness (QED) is 0.844. The number of ether oxygens (including phenoxy) is 1. The first kappa shape index (κ1) is 14.5. The van der Waals surface area contributed by atoms with Crippen molar-refractivity contribution < 1.29 is 9.53 Å². The molecule has 0 radical (unpaired) electrons. The second-order valence-corrected chi connectivity index (χ2v) is 5.81. The maximum atomic E-state index is 12.0. The van der Waals surface area contributed by atoms with Crippen LogP contribution in [-0.4, -0.2) is 19.1 Å². The van der Waals surface area contributed by atoms with Gasteiger partial charge in [-0.1, -0.05) is 22.0 Å². The lowest BCUT2D eigenvalue weighted by Gasteiger charge is -2.14. The van der Waals surface area contributed by atoms with Crippen molar-refractivity contribution in [3.05, 3.63) is 28.2 Å². The van der Waals surface area contributed by atoms with E-state index < -0.39 is 0 Å². The number of methoxy groups -OCH3 is 1. The van der Waals surface area contributed by atoms with Crippen LogP contribution in [0.4, 0.5) is 5.69 Å². The Morgan fingerprint density at radius 2 is 2.32 bits per heavy atom. The largest absolute Gasteiger partial charge is 0.380 e. The molecule has 0 heterocycles. The first-order valence-corrected chi connectivity index (χ1v) is 7.23. The highest BCUT2D eigenvalue weighted by Crippen LogP contribution is 2.33. The minimum atomic E-state index is -0.0325. The molecule has 1 fully saturated rings. The molecule has 1 unspecified atom stereocenters. The molecule has 1 amide bonds. The number of carbonyl (C=O) groups excluding carboxylic acids is 1. The van der Waals surface area contributed by atoms with Crippen LogP contribution in [0.15, 0.2) is 22.7 Å². The molecule has 1 atom stereocenters. The Morgan fingerprint density at radius 1 is 1.58 bits per heavy atom. The van der Waals surface area contributed by atoms with Crippen molar-refractivity contribution in [3.8, 4) is 0 Å². The average molecular weight is 327 g/mol. The molecule has 1 saturated carbocycles.